The van der Waals surface area contributed by atoms with Gasteiger partial charge in [-0.1, -0.05) is 6.42 Å². The average Bonchev–Trinajstić information content (AvgIpc) is 3.16. The zero-order chi connectivity index (χ0) is 18.8. The van der Waals surface area contributed by atoms with Crippen LogP contribution in [0.5, 0.6) is 0 Å². The third-order valence-corrected chi connectivity index (χ3v) is 4.67. The standard InChI is InChI=1S/C19H33N5O2.HI/c1-4-20-18(22-14-17(25)21-13-16-9-8-12-26-16)23-15-19(2,3)24-10-6-5-7-11-24;/h8-9,12H,4-7,10-11,13-15H2,1-3H3,(H,21,25)(H2,20,22,23);1H. The highest BCUT2D eigenvalue weighted by atomic mass is 127. The molecule has 0 bridgehead atoms. The molecule has 0 saturated carbocycles. The number of furan rings is 1. The summed E-state index contributed by atoms with van der Waals surface area (Å²) >= 11 is 0. The maximum absolute atomic E-state index is 12.0. The summed E-state index contributed by atoms with van der Waals surface area (Å²) in [5.41, 5.74) is 0.0537. The molecule has 7 nitrogen and oxygen atoms in total. The smallest absolute Gasteiger partial charge is 0.242 e. The largest absolute Gasteiger partial charge is 0.467 e. The Hall–Kier alpha value is -1.29. The Morgan fingerprint density at radius 1 is 1.22 bits per heavy atom. The van der Waals surface area contributed by atoms with Gasteiger partial charge in [0.05, 0.1) is 12.8 Å². The van der Waals surface area contributed by atoms with Gasteiger partial charge in [0.25, 0.3) is 0 Å². The van der Waals surface area contributed by atoms with Gasteiger partial charge in [-0.25, -0.2) is 4.99 Å². The van der Waals surface area contributed by atoms with Crippen LogP contribution in [0.2, 0.25) is 0 Å². The van der Waals surface area contributed by atoms with Gasteiger partial charge in [0.1, 0.15) is 12.3 Å². The number of piperidine rings is 1. The molecule has 2 rings (SSSR count). The van der Waals surface area contributed by atoms with Crippen LogP contribution in [0.1, 0.15) is 45.8 Å². The first kappa shape index (κ1) is 23.7. The number of carbonyl (C=O) groups excluding carboxylic acids is 1. The minimum absolute atomic E-state index is 0. The van der Waals surface area contributed by atoms with Crippen molar-refractivity contribution < 1.29 is 9.21 Å². The van der Waals surface area contributed by atoms with E-state index in [9.17, 15) is 4.79 Å². The van der Waals surface area contributed by atoms with Crippen molar-refractivity contribution in [1.82, 2.24) is 20.9 Å². The van der Waals surface area contributed by atoms with E-state index in [0.717, 1.165) is 31.9 Å². The third kappa shape index (κ3) is 8.50. The van der Waals surface area contributed by atoms with Crippen LogP contribution in [-0.4, -0.2) is 55.0 Å². The summed E-state index contributed by atoms with van der Waals surface area (Å²) in [5.74, 6) is 1.27. The Kier molecular flexibility index (Phi) is 10.8. The Morgan fingerprint density at radius 3 is 2.59 bits per heavy atom. The Morgan fingerprint density at radius 2 is 1.96 bits per heavy atom. The Labute approximate surface area is 179 Å². The van der Waals surface area contributed by atoms with Crippen molar-refractivity contribution in [1.29, 1.82) is 0 Å². The van der Waals surface area contributed by atoms with Gasteiger partial charge >= 0.3 is 0 Å². The molecule has 0 radical (unpaired) electrons. The number of amides is 1. The van der Waals surface area contributed by atoms with E-state index in [1.807, 2.05) is 13.0 Å². The summed E-state index contributed by atoms with van der Waals surface area (Å²) in [5, 5.41) is 9.39. The van der Waals surface area contributed by atoms with Gasteiger partial charge in [0, 0.05) is 18.6 Å². The van der Waals surface area contributed by atoms with Gasteiger partial charge < -0.3 is 20.4 Å². The van der Waals surface area contributed by atoms with Crippen LogP contribution in [0.25, 0.3) is 0 Å². The fourth-order valence-corrected chi connectivity index (χ4v) is 3.06. The number of aliphatic imine (C=N–C) groups is 1. The highest BCUT2D eigenvalue weighted by Gasteiger charge is 2.27. The van der Waals surface area contributed by atoms with Gasteiger partial charge in [-0.05, 0) is 58.8 Å². The molecule has 1 aromatic rings. The molecule has 1 fully saturated rings. The molecule has 0 spiro atoms. The van der Waals surface area contributed by atoms with E-state index in [2.05, 4.69) is 39.7 Å². The van der Waals surface area contributed by atoms with Crippen molar-refractivity contribution in [2.45, 2.75) is 52.1 Å². The molecule has 0 atom stereocenters. The van der Waals surface area contributed by atoms with Gasteiger partial charge in [-0.3, -0.25) is 9.69 Å². The van der Waals surface area contributed by atoms with Crippen molar-refractivity contribution in [2.75, 3.05) is 32.7 Å². The molecule has 1 aliphatic rings. The van der Waals surface area contributed by atoms with Crippen molar-refractivity contribution in [3.8, 4) is 0 Å². The van der Waals surface area contributed by atoms with E-state index in [0.29, 0.717) is 12.5 Å². The van der Waals surface area contributed by atoms with Crippen LogP contribution in [-0.2, 0) is 11.3 Å². The molecular weight excluding hydrogens is 457 g/mol. The first-order valence-electron chi connectivity index (χ1n) is 9.57. The third-order valence-electron chi connectivity index (χ3n) is 4.67. The molecule has 0 unspecified atom stereocenters. The molecule has 1 amide bonds. The molecule has 154 valence electrons. The van der Waals surface area contributed by atoms with Crippen molar-refractivity contribution in [3.63, 3.8) is 0 Å². The SMILES string of the molecule is CCNC(=NCC(=O)NCc1ccco1)NCC(C)(C)N1CCCCC1.I. The monoisotopic (exact) mass is 491 g/mol. The van der Waals surface area contributed by atoms with Crippen LogP contribution in [0.4, 0.5) is 0 Å². The lowest BCUT2D eigenvalue weighted by atomic mass is 9.98. The zero-order valence-corrected chi connectivity index (χ0v) is 19.0. The maximum atomic E-state index is 12.0. The molecule has 0 aromatic carbocycles. The number of rotatable bonds is 8. The number of carbonyl (C=O) groups is 1. The lowest BCUT2D eigenvalue weighted by Gasteiger charge is -2.41. The fraction of sp³-hybridized carbons (Fsp3) is 0.684. The van der Waals surface area contributed by atoms with Crippen LogP contribution in [0.3, 0.4) is 0 Å². The van der Waals surface area contributed by atoms with Crippen LogP contribution >= 0.6 is 24.0 Å². The van der Waals surface area contributed by atoms with Crippen molar-refractivity contribution >= 4 is 35.8 Å². The first-order chi connectivity index (χ1) is 12.5. The topological polar surface area (TPSA) is 81.9 Å². The molecule has 2 heterocycles. The summed E-state index contributed by atoms with van der Waals surface area (Å²) in [6, 6.07) is 3.63. The number of nitrogens with one attached hydrogen (secondary N) is 3. The lowest BCUT2D eigenvalue weighted by Crippen LogP contribution is -2.55. The number of hydrogen-bond acceptors (Lipinski definition) is 4. The van der Waals surface area contributed by atoms with Crippen LogP contribution in [0.15, 0.2) is 27.8 Å². The molecule has 0 aliphatic carbocycles. The van der Waals surface area contributed by atoms with Crippen molar-refractivity contribution in [3.05, 3.63) is 24.2 Å². The Bertz CT molecular complexity index is 569. The fourth-order valence-electron chi connectivity index (χ4n) is 3.06. The predicted octanol–water partition coefficient (Wildman–Crippen LogP) is 2.33. The number of nitrogens with zero attached hydrogens (tertiary/aromatic N) is 2. The average molecular weight is 491 g/mol. The molecule has 1 aromatic heterocycles. The number of likely N-dealkylation sites (tertiary alicyclic amines) is 1. The van der Waals surface area contributed by atoms with E-state index < -0.39 is 0 Å². The van der Waals surface area contributed by atoms with Crippen LogP contribution < -0.4 is 16.0 Å². The minimum Gasteiger partial charge on any atom is -0.467 e. The normalized spacial score (nSPS) is 15.7. The number of hydrogen-bond donors (Lipinski definition) is 3. The number of halogens is 1. The molecule has 1 saturated heterocycles. The van der Waals surface area contributed by atoms with Gasteiger partial charge in [0.15, 0.2) is 5.96 Å². The summed E-state index contributed by atoms with van der Waals surface area (Å²) in [6.07, 6.45) is 5.47. The summed E-state index contributed by atoms with van der Waals surface area (Å²) in [4.78, 5) is 18.9. The summed E-state index contributed by atoms with van der Waals surface area (Å²) in [7, 11) is 0. The highest BCUT2D eigenvalue weighted by molar-refractivity contribution is 14.0. The highest BCUT2D eigenvalue weighted by Crippen LogP contribution is 2.19. The Balaban J connectivity index is 0.00000364. The van der Waals surface area contributed by atoms with E-state index in [1.165, 1.54) is 19.3 Å². The maximum Gasteiger partial charge on any atom is 0.242 e. The van der Waals surface area contributed by atoms with E-state index in [4.69, 9.17) is 4.42 Å². The minimum atomic E-state index is -0.131. The summed E-state index contributed by atoms with van der Waals surface area (Å²) < 4.78 is 5.20. The molecule has 8 heteroatoms. The second kappa shape index (κ2) is 12.2. The van der Waals surface area contributed by atoms with E-state index >= 15 is 0 Å². The van der Waals surface area contributed by atoms with E-state index in [-0.39, 0.29) is 42.0 Å². The quantitative estimate of drug-likeness (QED) is 0.296. The van der Waals surface area contributed by atoms with Crippen LogP contribution in [0, 0.1) is 0 Å². The zero-order valence-electron chi connectivity index (χ0n) is 16.7. The molecular formula is C19H34IN5O2. The second-order valence-electron chi connectivity index (χ2n) is 7.26. The molecule has 1 aliphatic heterocycles. The summed E-state index contributed by atoms with van der Waals surface area (Å²) in [6.45, 7) is 10.8. The lowest BCUT2D eigenvalue weighted by molar-refractivity contribution is -0.119. The van der Waals surface area contributed by atoms with Gasteiger partial charge in [0.2, 0.25) is 5.91 Å². The van der Waals surface area contributed by atoms with Gasteiger partial charge in [-0.2, -0.15) is 0 Å². The molecule has 27 heavy (non-hydrogen) atoms. The van der Waals surface area contributed by atoms with E-state index in [1.54, 1.807) is 12.3 Å². The second-order valence-corrected chi connectivity index (χ2v) is 7.26. The predicted molar refractivity (Wildman–Crippen MR) is 119 cm³/mol. The first-order valence-corrected chi connectivity index (χ1v) is 9.57. The van der Waals surface area contributed by atoms with Crippen molar-refractivity contribution in [2.24, 2.45) is 4.99 Å². The molecule has 3 N–H and O–H groups in total. The van der Waals surface area contributed by atoms with Gasteiger partial charge in [-0.15, -0.1) is 24.0 Å². The number of guanidine groups is 1.